The van der Waals surface area contributed by atoms with Gasteiger partial charge in [-0.3, -0.25) is 4.79 Å². The van der Waals surface area contributed by atoms with Gasteiger partial charge < -0.3 is 9.64 Å². The number of sulfone groups is 1. The first-order valence-corrected chi connectivity index (χ1v) is 10.6. The quantitative estimate of drug-likeness (QED) is 0.721. The van der Waals surface area contributed by atoms with E-state index in [9.17, 15) is 13.2 Å². The molecule has 1 aromatic rings. The van der Waals surface area contributed by atoms with E-state index in [1.54, 1.807) is 19.3 Å². The molecule has 3 rings (SSSR count). The molecule has 134 valence electrons. The number of carbonyl (C=O) groups is 1. The molecular formula is C17H20N2O4S2. The van der Waals surface area contributed by atoms with Crippen LogP contribution in [0.2, 0.25) is 0 Å². The second kappa shape index (κ2) is 7.21. The highest BCUT2D eigenvalue weighted by atomic mass is 32.2. The van der Waals surface area contributed by atoms with Crippen LogP contribution in [0.25, 0.3) is 0 Å². The van der Waals surface area contributed by atoms with Gasteiger partial charge in [0, 0.05) is 17.4 Å². The van der Waals surface area contributed by atoms with Crippen LogP contribution in [0.5, 0.6) is 5.75 Å². The lowest BCUT2D eigenvalue weighted by molar-refractivity contribution is -0.117. The van der Waals surface area contributed by atoms with Gasteiger partial charge in [0.05, 0.1) is 31.1 Å². The number of aliphatic imine (C=N–C) groups is 1. The molecule has 25 heavy (non-hydrogen) atoms. The average molecular weight is 380 g/mol. The van der Waals surface area contributed by atoms with Gasteiger partial charge >= 0.3 is 0 Å². The van der Waals surface area contributed by atoms with E-state index in [0.717, 1.165) is 5.56 Å². The molecule has 1 aromatic carbocycles. The van der Waals surface area contributed by atoms with Crippen molar-refractivity contribution in [3.8, 4) is 5.75 Å². The first-order chi connectivity index (χ1) is 11.9. The zero-order valence-electron chi connectivity index (χ0n) is 13.9. The van der Waals surface area contributed by atoms with Gasteiger partial charge in [-0.15, -0.1) is 6.58 Å². The van der Waals surface area contributed by atoms with Gasteiger partial charge in [-0.25, -0.2) is 8.42 Å². The van der Waals surface area contributed by atoms with E-state index in [0.29, 0.717) is 17.5 Å². The van der Waals surface area contributed by atoms with Crippen molar-refractivity contribution in [3.63, 3.8) is 0 Å². The van der Waals surface area contributed by atoms with Gasteiger partial charge in [0.1, 0.15) is 5.75 Å². The molecule has 2 saturated heterocycles. The minimum Gasteiger partial charge on any atom is -0.496 e. The molecule has 2 heterocycles. The van der Waals surface area contributed by atoms with E-state index in [1.807, 2.05) is 23.1 Å². The zero-order valence-corrected chi connectivity index (χ0v) is 15.6. The summed E-state index contributed by atoms with van der Waals surface area (Å²) in [5.74, 6) is 0.624. The number of amides is 1. The second-order valence-corrected chi connectivity index (χ2v) is 9.38. The SMILES string of the molecule is C=CCN1C(=NC(=O)Cc2ccccc2OC)S[C@H]2CS(=O)(=O)C[C@H]21. The molecule has 0 N–H and O–H groups in total. The maximum absolute atomic E-state index is 12.4. The van der Waals surface area contributed by atoms with Crippen molar-refractivity contribution < 1.29 is 17.9 Å². The van der Waals surface area contributed by atoms with E-state index < -0.39 is 9.84 Å². The number of hydrogen-bond acceptors (Lipinski definition) is 5. The summed E-state index contributed by atoms with van der Waals surface area (Å²) in [4.78, 5) is 18.5. The monoisotopic (exact) mass is 380 g/mol. The molecule has 2 fully saturated rings. The number of ether oxygens (including phenoxy) is 1. The third-order valence-corrected chi connectivity index (χ3v) is 7.50. The minimum atomic E-state index is -3.02. The summed E-state index contributed by atoms with van der Waals surface area (Å²) in [7, 11) is -1.45. The van der Waals surface area contributed by atoms with E-state index in [1.165, 1.54) is 11.8 Å². The number of benzene rings is 1. The van der Waals surface area contributed by atoms with E-state index in [2.05, 4.69) is 11.6 Å². The maximum atomic E-state index is 12.4. The van der Waals surface area contributed by atoms with Crippen LogP contribution < -0.4 is 4.74 Å². The fraction of sp³-hybridized carbons (Fsp3) is 0.412. The third-order valence-electron chi connectivity index (χ3n) is 4.26. The van der Waals surface area contributed by atoms with Crippen LogP contribution in [0.3, 0.4) is 0 Å². The van der Waals surface area contributed by atoms with Crippen molar-refractivity contribution in [2.24, 2.45) is 4.99 Å². The number of hydrogen-bond donors (Lipinski definition) is 0. The molecule has 2 aliphatic rings. The second-order valence-electron chi connectivity index (χ2n) is 6.02. The Hall–Kier alpha value is -1.80. The van der Waals surface area contributed by atoms with Crippen molar-refractivity contribution in [3.05, 3.63) is 42.5 Å². The number of rotatable bonds is 5. The van der Waals surface area contributed by atoms with Gasteiger partial charge in [0.15, 0.2) is 15.0 Å². The van der Waals surface area contributed by atoms with Gasteiger partial charge in [-0.2, -0.15) is 4.99 Å². The highest BCUT2D eigenvalue weighted by molar-refractivity contribution is 8.15. The predicted molar refractivity (Wildman–Crippen MR) is 99.9 cm³/mol. The topological polar surface area (TPSA) is 76.0 Å². The smallest absolute Gasteiger partial charge is 0.252 e. The molecule has 6 nitrogen and oxygen atoms in total. The van der Waals surface area contributed by atoms with Crippen molar-refractivity contribution in [2.45, 2.75) is 17.7 Å². The molecule has 0 saturated carbocycles. The molecule has 0 unspecified atom stereocenters. The Kier molecular flexibility index (Phi) is 5.19. The van der Waals surface area contributed by atoms with Crippen LogP contribution in [0.15, 0.2) is 41.9 Å². The average Bonchev–Trinajstić information content (AvgIpc) is 3.01. The molecular weight excluding hydrogens is 360 g/mol. The number of nitrogens with zero attached hydrogens (tertiary/aromatic N) is 2. The highest BCUT2D eigenvalue weighted by Gasteiger charge is 2.48. The largest absolute Gasteiger partial charge is 0.496 e. The van der Waals surface area contributed by atoms with Gasteiger partial charge in [-0.05, 0) is 6.07 Å². The molecule has 0 radical (unpaired) electrons. The standard InChI is InChI=1S/C17H20N2O4S2/c1-3-8-19-13-10-25(21,22)11-15(13)24-17(19)18-16(20)9-12-6-4-5-7-14(12)23-2/h3-7,13,15H,1,8-11H2,2H3/t13-,15+/m1/s1. The van der Waals surface area contributed by atoms with Crippen molar-refractivity contribution in [1.29, 1.82) is 0 Å². The summed E-state index contributed by atoms with van der Waals surface area (Å²) in [6.45, 7) is 4.20. The van der Waals surface area contributed by atoms with Crippen LogP contribution >= 0.6 is 11.8 Å². The Morgan fingerprint density at radius 1 is 1.44 bits per heavy atom. The summed E-state index contributed by atoms with van der Waals surface area (Å²) in [5, 5.41) is 0.521. The number of carbonyl (C=O) groups excluding carboxylic acids is 1. The molecule has 2 aliphatic heterocycles. The molecule has 0 spiro atoms. The van der Waals surface area contributed by atoms with Gasteiger partial charge in [-0.1, -0.05) is 36.0 Å². The summed E-state index contributed by atoms with van der Waals surface area (Å²) >= 11 is 1.38. The zero-order chi connectivity index (χ0) is 18.0. The van der Waals surface area contributed by atoms with E-state index in [4.69, 9.17) is 4.74 Å². The van der Waals surface area contributed by atoms with Gasteiger partial charge in [0.25, 0.3) is 5.91 Å². The predicted octanol–water partition coefficient (Wildman–Crippen LogP) is 1.52. The van der Waals surface area contributed by atoms with Gasteiger partial charge in [0.2, 0.25) is 0 Å². The van der Waals surface area contributed by atoms with Crippen LogP contribution in [0, 0.1) is 0 Å². The molecule has 0 aromatic heterocycles. The molecule has 0 bridgehead atoms. The first kappa shape index (κ1) is 18.0. The van der Waals surface area contributed by atoms with Crippen LogP contribution in [-0.2, 0) is 21.1 Å². The summed E-state index contributed by atoms with van der Waals surface area (Å²) < 4.78 is 29.0. The van der Waals surface area contributed by atoms with Crippen LogP contribution in [0.4, 0.5) is 0 Å². The lowest BCUT2D eigenvalue weighted by atomic mass is 10.1. The molecule has 2 atom stereocenters. The number of para-hydroxylation sites is 1. The third kappa shape index (κ3) is 3.90. The van der Waals surface area contributed by atoms with Crippen molar-refractivity contribution in [1.82, 2.24) is 4.90 Å². The Morgan fingerprint density at radius 2 is 2.20 bits per heavy atom. The Balaban J connectivity index is 1.78. The first-order valence-electron chi connectivity index (χ1n) is 7.91. The van der Waals surface area contributed by atoms with Crippen molar-refractivity contribution >= 4 is 32.7 Å². The maximum Gasteiger partial charge on any atom is 0.252 e. The number of methoxy groups -OCH3 is 1. The Labute approximate surface area is 151 Å². The number of fused-ring (bicyclic) bond motifs is 1. The highest BCUT2D eigenvalue weighted by Crippen LogP contribution is 2.38. The minimum absolute atomic E-state index is 0.0669. The summed E-state index contributed by atoms with van der Waals surface area (Å²) in [6, 6.07) is 7.20. The fourth-order valence-corrected chi connectivity index (χ4v) is 7.12. The number of thioether (sulfide) groups is 1. The van der Waals surface area contributed by atoms with E-state index >= 15 is 0 Å². The summed E-state index contributed by atoms with van der Waals surface area (Å²) in [6.07, 6.45) is 1.84. The Bertz CT molecular complexity index is 820. The molecule has 1 amide bonds. The van der Waals surface area contributed by atoms with Crippen LogP contribution in [-0.4, -0.2) is 60.8 Å². The lowest BCUT2D eigenvalue weighted by Gasteiger charge is -2.22. The van der Waals surface area contributed by atoms with Crippen molar-refractivity contribution in [2.75, 3.05) is 25.2 Å². The normalized spacial score (nSPS) is 25.8. The number of amidine groups is 1. The molecule has 0 aliphatic carbocycles. The fourth-order valence-electron chi connectivity index (χ4n) is 3.15. The lowest BCUT2D eigenvalue weighted by Crippen LogP contribution is -2.37. The Morgan fingerprint density at radius 3 is 2.92 bits per heavy atom. The summed E-state index contributed by atoms with van der Waals surface area (Å²) in [5.41, 5.74) is 0.778. The van der Waals surface area contributed by atoms with Crippen LogP contribution in [0.1, 0.15) is 5.56 Å². The van der Waals surface area contributed by atoms with E-state index in [-0.39, 0.29) is 35.1 Å². The molecule has 8 heteroatoms.